The quantitative estimate of drug-likeness (QED) is 0.512. The zero-order chi connectivity index (χ0) is 14.7. The Kier molecular flexibility index (Phi) is 13.0. The van der Waals surface area contributed by atoms with Gasteiger partial charge < -0.3 is 0 Å². The maximum atomic E-state index is 2.58. The Morgan fingerprint density at radius 2 is 1.37 bits per heavy atom. The Bertz CT molecular complexity index is 193. The molecule has 0 aliphatic rings. The third-order valence-electron chi connectivity index (χ3n) is 4.54. The van der Waals surface area contributed by atoms with Gasteiger partial charge in [0, 0.05) is 0 Å². The van der Waals surface area contributed by atoms with Crippen LogP contribution in [0.2, 0.25) is 12.0 Å². The summed E-state index contributed by atoms with van der Waals surface area (Å²) >= 11 is -1.24. The van der Waals surface area contributed by atoms with Crippen LogP contribution in [0.25, 0.3) is 0 Å². The summed E-state index contributed by atoms with van der Waals surface area (Å²) in [6, 6.07) is 0. The van der Waals surface area contributed by atoms with Crippen molar-refractivity contribution in [1.82, 2.24) is 9.80 Å². The monoisotopic (exact) mass is 372 g/mol. The van der Waals surface area contributed by atoms with Crippen molar-refractivity contribution < 1.29 is 0 Å². The van der Waals surface area contributed by atoms with Gasteiger partial charge in [-0.25, -0.2) is 0 Å². The van der Waals surface area contributed by atoms with Crippen LogP contribution >= 0.6 is 0 Å². The summed E-state index contributed by atoms with van der Waals surface area (Å²) in [4.78, 5) is 5.03. The average Bonchev–Trinajstić information content (AvgIpc) is 2.40. The van der Waals surface area contributed by atoms with Gasteiger partial charge in [0.2, 0.25) is 0 Å². The van der Waals surface area contributed by atoms with Crippen molar-refractivity contribution in [2.45, 2.75) is 59.5 Å². The van der Waals surface area contributed by atoms with Crippen LogP contribution in [0.1, 0.15) is 47.5 Å². The van der Waals surface area contributed by atoms with Crippen molar-refractivity contribution >= 4 is 21.4 Å². The second kappa shape index (κ2) is 12.5. The van der Waals surface area contributed by atoms with Crippen molar-refractivity contribution in [2.75, 3.05) is 39.8 Å². The van der Waals surface area contributed by atoms with E-state index in [9.17, 15) is 0 Å². The van der Waals surface area contributed by atoms with Crippen LogP contribution in [0.4, 0.5) is 0 Å². The molecule has 0 amide bonds. The molecule has 0 atom stereocenters. The van der Waals surface area contributed by atoms with Gasteiger partial charge in [-0.2, -0.15) is 0 Å². The maximum absolute atomic E-state index is 2.58. The van der Waals surface area contributed by atoms with Gasteiger partial charge in [0.15, 0.2) is 0 Å². The molecule has 0 heterocycles. The third-order valence-corrected chi connectivity index (χ3v) is 16.5. The summed E-state index contributed by atoms with van der Waals surface area (Å²) in [5.41, 5.74) is 0. The standard InChI is InChI=1S/C7H16N.C6H14N.C3H7.In/c1-4-7-8(5-2)6-3;1-4-6-7(3)5-2;1-3-2;/h1,4-7H2,2-3H3;1,4-6H2,2-3H3;3H,1-2H3;. The van der Waals surface area contributed by atoms with E-state index in [0.717, 1.165) is 3.67 Å². The first-order valence-corrected chi connectivity index (χ1v) is 15.0. The van der Waals surface area contributed by atoms with E-state index in [1.165, 1.54) is 45.6 Å². The number of nitrogens with zero attached hydrogens (tertiary/aromatic N) is 2. The van der Waals surface area contributed by atoms with Gasteiger partial charge in [-0.05, 0) is 0 Å². The molecule has 0 unspecified atom stereocenters. The number of hydrogen-bond acceptors (Lipinski definition) is 2. The summed E-state index contributed by atoms with van der Waals surface area (Å²) in [5.74, 6) is 0. The average molecular weight is 372 g/mol. The second-order valence-corrected chi connectivity index (χ2v) is 17.7. The number of rotatable bonds is 12. The summed E-state index contributed by atoms with van der Waals surface area (Å²) in [6.07, 6.45) is 2.92. The predicted octanol–water partition coefficient (Wildman–Crippen LogP) is 3.96. The molecule has 0 aromatic carbocycles. The van der Waals surface area contributed by atoms with Crippen molar-refractivity contribution in [2.24, 2.45) is 0 Å². The normalized spacial score (nSPS) is 11.8. The summed E-state index contributed by atoms with van der Waals surface area (Å²) in [5, 5.41) is 0. The van der Waals surface area contributed by atoms with E-state index >= 15 is 0 Å². The van der Waals surface area contributed by atoms with Crippen molar-refractivity contribution in [3.05, 3.63) is 0 Å². The molecule has 2 nitrogen and oxygen atoms in total. The topological polar surface area (TPSA) is 6.48 Å². The van der Waals surface area contributed by atoms with E-state index in [1.807, 2.05) is 0 Å². The fourth-order valence-corrected chi connectivity index (χ4v) is 11.4. The van der Waals surface area contributed by atoms with E-state index in [4.69, 9.17) is 0 Å². The summed E-state index contributed by atoms with van der Waals surface area (Å²) in [6.45, 7) is 18.1. The second-order valence-electron chi connectivity index (χ2n) is 6.21. The Morgan fingerprint density at radius 1 is 0.842 bits per heavy atom. The third kappa shape index (κ3) is 10.2. The van der Waals surface area contributed by atoms with Crippen LogP contribution in [0.3, 0.4) is 0 Å². The molecule has 0 N–H and O–H groups in total. The molecule has 0 radical (unpaired) electrons. The molecule has 3 heteroatoms. The molecule has 0 rings (SSSR count). The van der Waals surface area contributed by atoms with Crippen LogP contribution in [0.15, 0.2) is 0 Å². The molecule has 0 saturated heterocycles. The minimum absolute atomic E-state index is 1.05. The molecular weight excluding hydrogens is 335 g/mol. The Morgan fingerprint density at radius 3 is 1.79 bits per heavy atom. The van der Waals surface area contributed by atoms with Crippen molar-refractivity contribution in [3.8, 4) is 0 Å². The predicted molar refractivity (Wildman–Crippen MR) is 90.7 cm³/mol. The minimum atomic E-state index is -1.24. The Balaban J connectivity index is 3.86. The van der Waals surface area contributed by atoms with Gasteiger partial charge in [-0.3, -0.25) is 0 Å². The van der Waals surface area contributed by atoms with Crippen LogP contribution in [0.5, 0.6) is 0 Å². The van der Waals surface area contributed by atoms with Crippen LogP contribution in [-0.4, -0.2) is 71.0 Å². The first-order chi connectivity index (χ1) is 9.04. The molecule has 114 valence electrons. The van der Waals surface area contributed by atoms with E-state index in [1.54, 1.807) is 8.35 Å². The zero-order valence-corrected chi connectivity index (χ0v) is 17.7. The first kappa shape index (κ1) is 19.8. The van der Waals surface area contributed by atoms with Gasteiger partial charge in [0.05, 0.1) is 0 Å². The van der Waals surface area contributed by atoms with Gasteiger partial charge in [0.25, 0.3) is 0 Å². The molecule has 0 aliphatic carbocycles. The molecule has 0 fully saturated rings. The molecule has 0 aromatic rings. The molecule has 0 spiro atoms. The SMILES string of the molecule is CCN(C)CC[CH2][In]([CH2]CCN(CC)CC)[CH](C)C. The van der Waals surface area contributed by atoms with Gasteiger partial charge in [0.1, 0.15) is 0 Å². The van der Waals surface area contributed by atoms with Crippen LogP contribution in [-0.2, 0) is 0 Å². The zero-order valence-electron chi connectivity index (χ0n) is 14.4. The number of hydrogen-bond donors (Lipinski definition) is 0. The Hall–Kier alpha value is 0.790. The fraction of sp³-hybridized carbons (Fsp3) is 1.00. The van der Waals surface area contributed by atoms with E-state index in [2.05, 4.69) is 51.5 Å². The molecule has 0 aliphatic heterocycles. The molecule has 0 aromatic heterocycles. The molecule has 0 bridgehead atoms. The van der Waals surface area contributed by atoms with Crippen LogP contribution in [0, 0.1) is 0 Å². The van der Waals surface area contributed by atoms with E-state index in [-0.39, 0.29) is 0 Å². The van der Waals surface area contributed by atoms with Gasteiger partial charge >= 0.3 is 130 Å². The Labute approximate surface area is 130 Å². The molecular formula is C16H37InN2. The van der Waals surface area contributed by atoms with E-state index in [0.29, 0.717) is 0 Å². The molecule has 0 saturated carbocycles. The van der Waals surface area contributed by atoms with Gasteiger partial charge in [-0.1, -0.05) is 0 Å². The van der Waals surface area contributed by atoms with E-state index < -0.39 is 21.4 Å². The fourth-order valence-electron chi connectivity index (χ4n) is 2.71. The first-order valence-electron chi connectivity index (χ1n) is 8.45. The van der Waals surface area contributed by atoms with Gasteiger partial charge in [-0.15, -0.1) is 0 Å². The van der Waals surface area contributed by atoms with Crippen molar-refractivity contribution in [3.63, 3.8) is 0 Å². The summed E-state index contributed by atoms with van der Waals surface area (Å²) < 4.78 is 4.28. The summed E-state index contributed by atoms with van der Waals surface area (Å²) in [7, 11) is 2.25. The van der Waals surface area contributed by atoms with Crippen LogP contribution < -0.4 is 0 Å². The molecule has 19 heavy (non-hydrogen) atoms. The van der Waals surface area contributed by atoms with Crippen molar-refractivity contribution in [1.29, 1.82) is 0 Å².